The number of carbonyl (C=O) groups is 1. The first kappa shape index (κ1) is 20.8. The lowest BCUT2D eigenvalue weighted by Crippen LogP contribution is -2.31. The molecule has 10 heteroatoms. The minimum absolute atomic E-state index is 0.146. The maximum Gasteiger partial charge on any atom is 0.258 e. The maximum atomic E-state index is 12.9. The Hall–Kier alpha value is -2.88. The van der Waals surface area contributed by atoms with Gasteiger partial charge in [0.2, 0.25) is 0 Å². The van der Waals surface area contributed by atoms with Gasteiger partial charge in [0.05, 0.1) is 18.1 Å². The lowest BCUT2D eigenvalue weighted by atomic mass is 10.3. The molecule has 0 aliphatic rings. The first-order chi connectivity index (χ1) is 14.0. The number of nitrogens with one attached hydrogen (secondary N) is 2. The van der Waals surface area contributed by atoms with Crippen molar-refractivity contribution in [2.24, 2.45) is 0 Å². The van der Waals surface area contributed by atoms with E-state index < -0.39 is 0 Å². The number of hydrogen-bond acceptors (Lipinski definition) is 7. The Morgan fingerprint density at radius 1 is 1.28 bits per heavy atom. The van der Waals surface area contributed by atoms with Gasteiger partial charge >= 0.3 is 0 Å². The highest BCUT2D eigenvalue weighted by Gasteiger charge is 2.13. The molecular formula is C19H23FN6O2S. The summed E-state index contributed by atoms with van der Waals surface area (Å²) in [6.07, 6.45) is 3.64. The number of hydrogen-bond donors (Lipinski definition) is 2. The van der Waals surface area contributed by atoms with Crippen molar-refractivity contribution in [3.63, 3.8) is 0 Å². The normalized spacial score (nSPS) is 11.1. The van der Waals surface area contributed by atoms with Crippen LogP contribution in [-0.4, -0.2) is 51.1 Å². The van der Waals surface area contributed by atoms with Crippen LogP contribution < -0.4 is 15.4 Å². The maximum absolute atomic E-state index is 12.9. The molecule has 2 N–H and O–H groups in total. The Balaban J connectivity index is 1.58. The number of benzene rings is 1. The van der Waals surface area contributed by atoms with E-state index in [9.17, 15) is 9.18 Å². The van der Waals surface area contributed by atoms with Crippen LogP contribution in [0.4, 0.5) is 10.2 Å². The zero-order chi connectivity index (χ0) is 20.8. The highest BCUT2D eigenvalue weighted by molar-refractivity contribution is 7.98. The SMILES string of the molecule is CSc1nc(NC(C)C)c2cnn(CCNC(=O)COc3ccc(F)cc3)c2n1. The van der Waals surface area contributed by atoms with E-state index in [2.05, 4.69) is 25.7 Å². The van der Waals surface area contributed by atoms with E-state index >= 15 is 0 Å². The summed E-state index contributed by atoms with van der Waals surface area (Å²) in [4.78, 5) is 21.0. The number of halogens is 1. The third-order valence-electron chi connectivity index (χ3n) is 3.91. The van der Waals surface area contributed by atoms with E-state index in [1.807, 2.05) is 20.1 Å². The summed E-state index contributed by atoms with van der Waals surface area (Å²) in [6.45, 7) is 4.76. The second-order valence-electron chi connectivity index (χ2n) is 6.56. The summed E-state index contributed by atoms with van der Waals surface area (Å²) in [5.41, 5.74) is 0.712. The number of ether oxygens (including phenoxy) is 1. The van der Waals surface area contributed by atoms with Crippen LogP contribution in [-0.2, 0) is 11.3 Å². The van der Waals surface area contributed by atoms with E-state index in [4.69, 9.17) is 4.74 Å². The molecule has 1 amide bonds. The van der Waals surface area contributed by atoms with Gasteiger partial charge in [-0.1, -0.05) is 11.8 Å². The molecule has 0 saturated carbocycles. The smallest absolute Gasteiger partial charge is 0.258 e. The summed E-state index contributed by atoms with van der Waals surface area (Å²) in [5, 5.41) is 12.0. The van der Waals surface area contributed by atoms with Crippen LogP contribution in [0.1, 0.15) is 13.8 Å². The topological polar surface area (TPSA) is 94.0 Å². The van der Waals surface area contributed by atoms with Crippen LogP contribution in [0, 0.1) is 5.82 Å². The van der Waals surface area contributed by atoms with E-state index in [0.717, 1.165) is 11.2 Å². The lowest BCUT2D eigenvalue weighted by molar-refractivity contribution is -0.123. The molecule has 0 aliphatic carbocycles. The van der Waals surface area contributed by atoms with Crippen molar-refractivity contribution in [3.05, 3.63) is 36.3 Å². The number of carbonyl (C=O) groups excluding carboxylic acids is 1. The Bertz CT molecular complexity index is 977. The van der Waals surface area contributed by atoms with Crippen molar-refractivity contribution in [2.75, 3.05) is 24.7 Å². The largest absolute Gasteiger partial charge is 0.484 e. The van der Waals surface area contributed by atoms with Crippen LogP contribution in [0.2, 0.25) is 0 Å². The molecule has 0 aliphatic heterocycles. The van der Waals surface area contributed by atoms with Gasteiger partial charge in [0.1, 0.15) is 17.4 Å². The number of rotatable bonds is 9. The molecule has 0 bridgehead atoms. The van der Waals surface area contributed by atoms with Gasteiger partial charge in [-0.25, -0.2) is 19.0 Å². The van der Waals surface area contributed by atoms with Gasteiger partial charge in [0.25, 0.3) is 5.91 Å². The molecule has 1 aromatic carbocycles. The van der Waals surface area contributed by atoms with Gasteiger partial charge in [-0.15, -0.1) is 0 Å². The molecular weight excluding hydrogens is 395 g/mol. The van der Waals surface area contributed by atoms with Crippen LogP contribution in [0.5, 0.6) is 5.75 Å². The predicted molar refractivity (Wildman–Crippen MR) is 111 cm³/mol. The Labute approximate surface area is 172 Å². The second-order valence-corrected chi connectivity index (χ2v) is 7.33. The number of amides is 1. The average Bonchev–Trinajstić information content (AvgIpc) is 3.10. The third-order valence-corrected chi connectivity index (χ3v) is 4.46. The summed E-state index contributed by atoms with van der Waals surface area (Å²) in [5.74, 6) is 0.559. The first-order valence-corrected chi connectivity index (χ1v) is 10.4. The van der Waals surface area contributed by atoms with Gasteiger partial charge in [-0.2, -0.15) is 5.10 Å². The van der Waals surface area contributed by atoms with E-state index in [-0.39, 0.29) is 24.4 Å². The molecule has 0 atom stereocenters. The van der Waals surface area contributed by atoms with Gasteiger partial charge in [0.15, 0.2) is 17.4 Å². The first-order valence-electron chi connectivity index (χ1n) is 9.15. The summed E-state index contributed by atoms with van der Waals surface area (Å²) in [7, 11) is 0. The standard InChI is InChI=1S/C19H23FN6O2S/c1-12(2)23-17-15-10-22-26(18(15)25-19(24-17)29-3)9-8-21-16(27)11-28-14-6-4-13(20)5-7-14/h4-7,10,12H,8-9,11H2,1-3H3,(H,21,27)(H,23,24,25). The van der Waals surface area contributed by atoms with Crippen LogP contribution in [0.15, 0.2) is 35.6 Å². The van der Waals surface area contributed by atoms with Crippen molar-refractivity contribution in [3.8, 4) is 5.75 Å². The Morgan fingerprint density at radius 2 is 2.03 bits per heavy atom. The molecule has 0 radical (unpaired) electrons. The third kappa shape index (κ3) is 5.57. The van der Waals surface area contributed by atoms with Crippen LogP contribution >= 0.6 is 11.8 Å². The molecule has 0 fully saturated rings. The fourth-order valence-electron chi connectivity index (χ4n) is 2.61. The van der Waals surface area contributed by atoms with Crippen molar-refractivity contribution >= 4 is 34.5 Å². The summed E-state index contributed by atoms with van der Waals surface area (Å²) in [6, 6.07) is 5.74. The number of nitrogens with zero attached hydrogens (tertiary/aromatic N) is 4. The van der Waals surface area contributed by atoms with E-state index in [1.54, 1.807) is 10.9 Å². The number of anilines is 1. The molecule has 0 unspecified atom stereocenters. The fraction of sp³-hybridized carbons (Fsp3) is 0.368. The second kappa shape index (κ2) is 9.55. The minimum atomic E-state index is -0.353. The van der Waals surface area contributed by atoms with Crippen LogP contribution in [0.25, 0.3) is 11.0 Å². The molecule has 3 aromatic rings. The number of aromatic nitrogens is 4. The Kier molecular flexibility index (Phi) is 6.86. The molecule has 29 heavy (non-hydrogen) atoms. The van der Waals surface area contributed by atoms with E-state index in [1.165, 1.54) is 36.0 Å². The minimum Gasteiger partial charge on any atom is -0.484 e. The summed E-state index contributed by atoms with van der Waals surface area (Å²) >= 11 is 1.46. The zero-order valence-electron chi connectivity index (χ0n) is 16.5. The van der Waals surface area contributed by atoms with Crippen molar-refractivity contribution in [1.29, 1.82) is 0 Å². The Morgan fingerprint density at radius 3 is 2.72 bits per heavy atom. The molecule has 0 saturated heterocycles. The monoisotopic (exact) mass is 418 g/mol. The molecule has 0 spiro atoms. The lowest BCUT2D eigenvalue weighted by Gasteiger charge is -2.11. The molecule has 8 nitrogen and oxygen atoms in total. The van der Waals surface area contributed by atoms with Gasteiger partial charge in [-0.3, -0.25) is 4.79 Å². The molecule has 2 aromatic heterocycles. The quantitative estimate of drug-likeness (QED) is 0.408. The molecule has 3 rings (SSSR count). The average molecular weight is 418 g/mol. The van der Waals surface area contributed by atoms with Crippen LogP contribution in [0.3, 0.4) is 0 Å². The van der Waals surface area contributed by atoms with Gasteiger partial charge < -0.3 is 15.4 Å². The van der Waals surface area contributed by atoms with Crippen molar-refractivity contribution < 1.29 is 13.9 Å². The number of thioether (sulfide) groups is 1. The van der Waals surface area contributed by atoms with E-state index in [0.29, 0.717) is 29.6 Å². The fourth-order valence-corrected chi connectivity index (χ4v) is 2.97. The van der Waals surface area contributed by atoms with Crippen molar-refractivity contribution in [1.82, 2.24) is 25.1 Å². The van der Waals surface area contributed by atoms with Gasteiger partial charge in [0, 0.05) is 12.6 Å². The summed E-state index contributed by atoms with van der Waals surface area (Å²) < 4.78 is 19.9. The highest BCUT2D eigenvalue weighted by atomic mass is 32.2. The number of fused-ring (bicyclic) bond motifs is 1. The van der Waals surface area contributed by atoms with Gasteiger partial charge in [-0.05, 0) is 44.4 Å². The zero-order valence-corrected chi connectivity index (χ0v) is 17.3. The highest BCUT2D eigenvalue weighted by Crippen LogP contribution is 2.23. The molecule has 154 valence electrons. The predicted octanol–water partition coefficient (Wildman–Crippen LogP) is 2.70. The molecule has 2 heterocycles. The van der Waals surface area contributed by atoms with Crippen molar-refractivity contribution in [2.45, 2.75) is 31.6 Å².